The Morgan fingerprint density at radius 3 is 2.78 bits per heavy atom. The van der Waals surface area contributed by atoms with Gasteiger partial charge in [0.25, 0.3) is 0 Å². The second-order valence-corrected chi connectivity index (χ2v) is 4.48. The summed E-state index contributed by atoms with van der Waals surface area (Å²) in [6, 6.07) is 4.53. The summed E-state index contributed by atoms with van der Waals surface area (Å²) in [5.74, 6) is 5.82. The van der Waals surface area contributed by atoms with Gasteiger partial charge in [0.15, 0.2) is 0 Å². The van der Waals surface area contributed by atoms with Crippen molar-refractivity contribution in [3.05, 3.63) is 29.6 Å². The van der Waals surface area contributed by atoms with Crippen LogP contribution in [0.1, 0.15) is 37.7 Å². The molecule has 1 aromatic carbocycles. The molecular weight excluding hydrogens is 231 g/mol. The van der Waals surface area contributed by atoms with Crippen LogP contribution in [0.4, 0.5) is 4.39 Å². The number of aliphatic hydroxyl groups is 1. The molecule has 2 nitrogen and oxygen atoms in total. The Hall–Kier alpha value is -1.53. The molecule has 0 radical (unpaired) electrons. The van der Waals surface area contributed by atoms with Gasteiger partial charge in [0.2, 0.25) is 0 Å². The highest BCUT2D eigenvalue weighted by Crippen LogP contribution is 2.25. The molecule has 0 aliphatic heterocycles. The fraction of sp³-hybridized carbons (Fsp3) is 0.467. The first-order valence-electron chi connectivity index (χ1n) is 6.35. The second-order valence-electron chi connectivity index (χ2n) is 4.48. The van der Waals surface area contributed by atoms with Crippen molar-refractivity contribution in [3.63, 3.8) is 0 Å². The van der Waals surface area contributed by atoms with Crippen molar-refractivity contribution in [2.75, 3.05) is 6.61 Å². The van der Waals surface area contributed by atoms with Gasteiger partial charge in [0.1, 0.15) is 11.6 Å². The van der Waals surface area contributed by atoms with Crippen LogP contribution < -0.4 is 4.74 Å². The summed E-state index contributed by atoms with van der Waals surface area (Å²) >= 11 is 0. The molecule has 0 spiro atoms. The average Bonchev–Trinajstić information content (AvgIpc) is 2.81. The van der Waals surface area contributed by atoms with Crippen LogP contribution in [0.15, 0.2) is 18.2 Å². The highest BCUT2D eigenvalue weighted by molar-refractivity contribution is 5.40. The van der Waals surface area contributed by atoms with Crippen LogP contribution in [0.5, 0.6) is 5.75 Å². The minimum atomic E-state index is -0.334. The van der Waals surface area contributed by atoms with Gasteiger partial charge in [-0.1, -0.05) is 11.8 Å². The average molecular weight is 248 g/mol. The quantitative estimate of drug-likeness (QED) is 0.833. The van der Waals surface area contributed by atoms with Crippen molar-refractivity contribution in [1.82, 2.24) is 0 Å². The monoisotopic (exact) mass is 248 g/mol. The number of hydrogen-bond donors (Lipinski definition) is 1. The van der Waals surface area contributed by atoms with Crippen molar-refractivity contribution in [2.45, 2.75) is 38.2 Å². The predicted octanol–water partition coefficient (Wildman–Crippen LogP) is 2.88. The standard InChI is InChI=1S/C15H17FO2/c16-13-9-12(5-3-4-8-17)10-15(11-13)18-14-6-1-2-7-14/h9-11,14,17H,1-2,4,6-8H2. The van der Waals surface area contributed by atoms with E-state index < -0.39 is 0 Å². The maximum Gasteiger partial charge on any atom is 0.128 e. The van der Waals surface area contributed by atoms with E-state index in [0.717, 1.165) is 12.8 Å². The van der Waals surface area contributed by atoms with E-state index in [-0.39, 0.29) is 18.5 Å². The Morgan fingerprint density at radius 2 is 2.06 bits per heavy atom. The molecule has 1 aliphatic carbocycles. The van der Waals surface area contributed by atoms with Crippen LogP contribution in [0.2, 0.25) is 0 Å². The minimum Gasteiger partial charge on any atom is -0.490 e. The van der Waals surface area contributed by atoms with Crippen LogP contribution in [0, 0.1) is 17.7 Å². The third-order valence-corrected chi connectivity index (χ3v) is 2.95. The van der Waals surface area contributed by atoms with Gasteiger partial charge < -0.3 is 9.84 Å². The van der Waals surface area contributed by atoms with Gasteiger partial charge in [0, 0.05) is 18.1 Å². The molecule has 0 bridgehead atoms. The SMILES string of the molecule is OCCC#Cc1cc(F)cc(OC2CCCC2)c1. The fourth-order valence-corrected chi connectivity index (χ4v) is 2.12. The second kappa shape index (κ2) is 6.42. The van der Waals surface area contributed by atoms with E-state index in [9.17, 15) is 4.39 Å². The highest BCUT2D eigenvalue weighted by Gasteiger charge is 2.16. The summed E-state index contributed by atoms with van der Waals surface area (Å²) < 4.78 is 19.2. The smallest absolute Gasteiger partial charge is 0.128 e. The van der Waals surface area contributed by atoms with Gasteiger partial charge in [0.05, 0.1) is 12.7 Å². The summed E-state index contributed by atoms with van der Waals surface area (Å²) in [4.78, 5) is 0. The zero-order chi connectivity index (χ0) is 12.8. The van der Waals surface area contributed by atoms with E-state index in [1.54, 1.807) is 6.07 Å². The Balaban J connectivity index is 2.08. The van der Waals surface area contributed by atoms with Gasteiger partial charge in [-0.05, 0) is 37.8 Å². The molecule has 0 unspecified atom stereocenters. The molecule has 2 rings (SSSR count). The van der Waals surface area contributed by atoms with Crippen LogP contribution in [-0.2, 0) is 0 Å². The van der Waals surface area contributed by atoms with Crippen molar-refractivity contribution >= 4 is 0 Å². The number of aliphatic hydroxyl groups excluding tert-OH is 1. The van der Waals surface area contributed by atoms with Crippen molar-refractivity contribution in [1.29, 1.82) is 0 Å². The van der Waals surface area contributed by atoms with Crippen LogP contribution >= 0.6 is 0 Å². The van der Waals surface area contributed by atoms with Gasteiger partial charge in [-0.3, -0.25) is 0 Å². The van der Waals surface area contributed by atoms with Crippen LogP contribution in [0.3, 0.4) is 0 Å². The zero-order valence-electron chi connectivity index (χ0n) is 10.3. The molecular formula is C15H17FO2. The molecule has 0 atom stereocenters. The first-order chi connectivity index (χ1) is 8.78. The number of halogens is 1. The molecule has 96 valence electrons. The van der Waals surface area contributed by atoms with E-state index >= 15 is 0 Å². The molecule has 1 aromatic rings. The molecule has 0 aromatic heterocycles. The number of benzene rings is 1. The first-order valence-corrected chi connectivity index (χ1v) is 6.35. The summed E-state index contributed by atoms with van der Waals surface area (Å²) in [5.41, 5.74) is 0.594. The molecule has 0 amide bonds. The van der Waals surface area contributed by atoms with Crippen molar-refractivity contribution in [2.24, 2.45) is 0 Å². The largest absolute Gasteiger partial charge is 0.490 e. The summed E-state index contributed by atoms with van der Waals surface area (Å²) in [7, 11) is 0. The Bertz CT molecular complexity index is 453. The first kappa shape index (κ1) is 12.9. The zero-order valence-corrected chi connectivity index (χ0v) is 10.3. The third kappa shape index (κ3) is 3.75. The molecule has 18 heavy (non-hydrogen) atoms. The number of ether oxygens (including phenoxy) is 1. The minimum absolute atomic E-state index is 0.0216. The lowest BCUT2D eigenvalue weighted by Gasteiger charge is -2.13. The molecule has 0 saturated heterocycles. The van der Waals surface area contributed by atoms with E-state index in [2.05, 4.69) is 11.8 Å². The summed E-state index contributed by atoms with van der Waals surface area (Å²) in [5, 5.41) is 8.64. The van der Waals surface area contributed by atoms with Gasteiger partial charge in [-0.15, -0.1) is 0 Å². The maximum atomic E-state index is 13.4. The predicted molar refractivity (Wildman–Crippen MR) is 67.9 cm³/mol. The van der Waals surface area contributed by atoms with E-state index in [1.807, 2.05) is 0 Å². The van der Waals surface area contributed by atoms with Crippen LogP contribution in [-0.4, -0.2) is 17.8 Å². The van der Waals surface area contributed by atoms with E-state index in [4.69, 9.17) is 9.84 Å². The fourth-order valence-electron chi connectivity index (χ4n) is 2.12. The van der Waals surface area contributed by atoms with Crippen molar-refractivity contribution in [3.8, 4) is 17.6 Å². The number of hydrogen-bond acceptors (Lipinski definition) is 2. The maximum absolute atomic E-state index is 13.4. The third-order valence-electron chi connectivity index (χ3n) is 2.95. The lowest BCUT2D eigenvalue weighted by molar-refractivity contribution is 0.209. The van der Waals surface area contributed by atoms with Crippen molar-refractivity contribution < 1.29 is 14.2 Å². The summed E-state index contributed by atoms with van der Waals surface area (Å²) in [6.45, 7) is 0.0216. The van der Waals surface area contributed by atoms with E-state index in [0.29, 0.717) is 17.7 Å². The van der Waals surface area contributed by atoms with Gasteiger partial charge in [-0.2, -0.15) is 0 Å². The van der Waals surface area contributed by atoms with Gasteiger partial charge >= 0.3 is 0 Å². The summed E-state index contributed by atoms with van der Waals surface area (Å²) in [6.07, 6.45) is 5.07. The molecule has 1 N–H and O–H groups in total. The van der Waals surface area contributed by atoms with Crippen LogP contribution in [0.25, 0.3) is 0 Å². The molecule has 3 heteroatoms. The van der Waals surface area contributed by atoms with Gasteiger partial charge in [-0.25, -0.2) is 4.39 Å². The normalized spacial score (nSPS) is 15.2. The molecule has 1 aliphatic rings. The molecule has 0 heterocycles. The topological polar surface area (TPSA) is 29.5 Å². The Morgan fingerprint density at radius 1 is 1.28 bits per heavy atom. The lowest BCUT2D eigenvalue weighted by atomic mass is 10.2. The molecule has 1 fully saturated rings. The Labute approximate surface area is 107 Å². The Kier molecular flexibility index (Phi) is 4.60. The highest BCUT2D eigenvalue weighted by atomic mass is 19.1. The molecule has 1 saturated carbocycles. The van der Waals surface area contributed by atoms with E-state index in [1.165, 1.54) is 25.0 Å². The number of rotatable bonds is 3. The lowest BCUT2D eigenvalue weighted by Crippen LogP contribution is -2.11.